The lowest BCUT2D eigenvalue weighted by Gasteiger charge is -2.10. The summed E-state index contributed by atoms with van der Waals surface area (Å²) >= 11 is 0. The van der Waals surface area contributed by atoms with E-state index < -0.39 is 0 Å². The van der Waals surface area contributed by atoms with Crippen LogP contribution in [0.5, 0.6) is 0 Å². The minimum atomic E-state index is -0.0766. The van der Waals surface area contributed by atoms with Crippen molar-refractivity contribution in [2.45, 2.75) is 6.42 Å². The number of carbonyl (C=O) groups is 1. The summed E-state index contributed by atoms with van der Waals surface area (Å²) in [4.78, 5) is 19.6. The summed E-state index contributed by atoms with van der Waals surface area (Å²) in [5.74, 6) is -0.0766. The first-order valence-corrected chi connectivity index (χ1v) is 7.60. The molecule has 2 aromatic heterocycles. The molecule has 2 N–H and O–H groups in total. The number of anilines is 1. The van der Waals surface area contributed by atoms with E-state index in [-0.39, 0.29) is 5.91 Å². The molecule has 118 valence electrons. The third-order valence-electron chi connectivity index (χ3n) is 3.87. The average Bonchev–Trinajstić information content (AvgIpc) is 3.26. The summed E-state index contributed by atoms with van der Waals surface area (Å²) < 4.78 is 1.63. The minimum absolute atomic E-state index is 0.0766. The van der Waals surface area contributed by atoms with E-state index in [9.17, 15) is 4.79 Å². The highest BCUT2D eigenvalue weighted by atomic mass is 16.1. The molecular weight excluding hydrogens is 302 g/mol. The highest BCUT2D eigenvalue weighted by Crippen LogP contribution is 2.21. The number of rotatable bonds is 4. The van der Waals surface area contributed by atoms with E-state index in [1.54, 1.807) is 11.0 Å². The maximum atomic E-state index is 12.5. The number of amides is 1. The van der Waals surface area contributed by atoms with Crippen molar-refractivity contribution in [3.63, 3.8) is 0 Å². The Balaban J connectivity index is 1.57. The summed E-state index contributed by atoms with van der Waals surface area (Å²) in [6, 6.07) is 15.5. The van der Waals surface area contributed by atoms with Crippen molar-refractivity contribution in [1.29, 1.82) is 0 Å². The number of carbonyl (C=O) groups excluding carboxylic acids is 1. The van der Waals surface area contributed by atoms with Crippen molar-refractivity contribution in [2.24, 2.45) is 0 Å². The molecule has 2 heterocycles. The molecule has 0 saturated carbocycles. The van der Waals surface area contributed by atoms with Gasteiger partial charge in [0.2, 0.25) is 5.91 Å². The van der Waals surface area contributed by atoms with Gasteiger partial charge < -0.3 is 10.3 Å². The number of aromatic nitrogens is 4. The molecule has 0 saturated heterocycles. The van der Waals surface area contributed by atoms with Crippen LogP contribution in [0.25, 0.3) is 16.6 Å². The Labute approximate surface area is 138 Å². The van der Waals surface area contributed by atoms with Gasteiger partial charge in [-0.05, 0) is 23.8 Å². The molecule has 0 unspecified atom stereocenters. The molecule has 0 aliphatic carbocycles. The van der Waals surface area contributed by atoms with E-state index in [4.69, 9.17) is 0 Å². The van der Waals surface area contributed by atoms with Gasteiger partial charge in [0.05, 0.1) is 17.8 Å². The predicted molar refractivity (Wildman–Crippen MR) is 92.0 cm³/mol. The number of para-hydroxylation sites is 3. The van der Waals surface area contributed by atoms with Gasteiger partial charge in [0, 0.05) is 17.1 Å². The standard InChI is InChI=1S/C18H15N5O/c24-18(9-13-10-20-15-6-2-1-5-14(13)15)22-16-7-3-4-8-17(16)23-12-19-11-21-23/h1-8,10-12,20H,9H2,(H,22,24). The van der Waals surface area contributed by atoms with Crippen LogP contribution >= 0.6 is 0 Å². The van der Waals surface area contributed by atoms with Gasteiger partial charge in [0.1, 0.15) is 12.7 Å². The number of hydrogen-bond acceptors (Lipinski definition) is 3. The lowest BCUT2D eigenvalue weighted by molar-refractivity contribution is -0.115. The van der Waals surface area contributed by atoms with Crippen molar-refractivity contribution in [3.05, 3.63) is 72.9 Å². The molecule has 0 fully saturated rings. The Bertz CT molecular complexity index is 988. The van der Waals surface area contributed by atoms with Crippen LogP contribution in [-0.4, -0.2) is 25.7 Å². The molecule has 0 atom stereocenters. The van der Waals surface area contributed by atoms with Gasteiger partial charge in [-0.15, -0.1) is 0 Å². The van der Waals surface area contributed by atoms with Crippen LogP contribution in [0.1, 0.15) is 5.56 Å². The van der Waals surface area contributed by atoms with Crippen LogP contribution in [0.3, 0.4) is 0 Å². The Kier molecular flexibility index (Phi) is 3.55. The largest absolute Gasteiger partial charge is 0.361 e. The van der Waals surface area contributed by atoms with Crippen molar-refractivity contribution in [3.8, 4) is 5.69 Å². The number of nitrogens with zero attached hydrogens (tertiary/aromatic N) is 3. The minimum Gasteiger partial charge on any atom is -0.361 e. The van der Waals surface area contributed by atoms with Crippen LogP contribution in [-0.2, 0) is 11.2 Å². The SMILES string of the molecule is O=C(Cc1c[nH]c2ccccc12)Nc1ccccc1-n1cncn1. The Morgan fingerprint density at radius 3 is 2.83 bits per heavy atom. The van der Waals surface area contributed by atoms with Gasteiger partial charge in [-0.2, -0.15) is 5.10 Å². The van der Waals surface area contributed by atoms with E-state index >= 15 is 0 Å². The van der Waals surface area contributed by atoms with Crippen molar-refractivity contribution < 1.29 is 4.79 Å². The molecule has 4 aromatic rings. The fraction of sp³-hybridized carbons (Fsp3) is 0.0556. The molecule has 0 aliphatic heterocycles. The zero-order valence-corrected chi connectivity index (χ0v) is 12.8. The first-order valence-electron chi connectivity index (χ1n) is 7.60. The Morgan fingerprint density at radius 1 is 1.12 bits per heavy atom. The highest BCUT2D eigenvalue weighted by Gasteiger charge is 2.11. The zero-order valence-electron chi connectivity index (χ0n) is 12.8. The molecule has 0 spiro atoms. The third kappa shape index (κ3) is 2.65. The molecule has 6 nitrogen and oxygen atoms in total. The van der Waals surface area contributed by atoms with Crippen molar-refractivity contribution in [1.82, 2.24) is 19.7 Å². The summed E-state index contributed by atoms with van der Waals surface area (Å²) in [7, 11) is 0. The zero-order chi connectivity index (χ0) is 16.4. The molecule has 6 heteroatoms. The Morgan fingerprint density at radius 2 is 1.96 bits per heavy atom. The maximum Gasteiger partial charge on any atom is 0.228 e. The molecule has 4 rings (SSSR count). The lowest BCUT2D eigenvalue weighted by atomic mass is 10.1. The van der Waals surface area contributed by atoms with Crippen LogP contribution in [0, 0.1) is 0 Å². The number of benzene rings is 2. The van der Waals surface area contributed by atoms with E-state index in [0.717, 1.165) is 22.2 Å². The first-order chi connectivity index (χ1) is 11.8. The summed E-state index contributed by atoms with van der Waals surface area (Å²) in [5, 5.41) is 8.15. The fourth-order valence-corrected chi connectivity index (χ4v) is 2.76. The van der Waals surface area contributed by atoms with Crippen LogP contribution in [0.2, 0.25) is 0 Å². The van der Waals surface area contributed by atoms with Gasteiger partial charge >= 0.3 is 0 Å². The third-order valence-corrected chi connectivity index (χ3v) is 3.87. The molecule has 0 bridgehead atoms. The molecule has 1 amide bonds. The second-order valence-corrected chi connectivity index (χ2v) is 5.44. The van der Waals surface area contributed by atoms with Crippen molar-refractivity contribution >= 4 is 22.5 Å². The highest BCUT2D eigenvalue weighted by molar-refractivity contribution is 5.97. The van der Waals surface area contributed by atoms with Crippen LogP contribution in [0.4, 0.5) is 5.69 Å². The summed E-state index contributed by atoms with van der Waals surface area (Å²) in [5.41, 5.74) is 3.49. The number of hydrogen-bond donors (Lipinski definition) is 2. The summed E-state index contributed by atoms with van der Waals surface area (Å²) in [6.45, 7) is 0. The molecule has 0 radical (unpaired) electrons. The number of aromatic amines is 1. The molecular formula is C18H15N5O. The monoisotopic (exact) mass is 317 g/mol. The number of H-pyrrole nitrogens is 1. The fourth-order valence-electron chi connectivity index (χ4n) is 2.76. The van der Waals surface area contributed by atoms with Gasteiger partial charge in [0.15, 0.2) is 0 Å². The van der Waals surface area contributed by atoms with Gasteiger partial charge in [-0.25, -0.2) is 9.67 Å². The quantitative estimate of drug-likeness (QED) is 0.607. The second-order valence-electron chi connectivity index (χ2n) is 5.44. The van der Waals surface area contributed by atoms with Crippen LogP contribution < -0.4 is 5.32 Å². The topological polar surface area (TPSA) is 75.6 Å². The van der Waals surface area contributed by atoms with Gasteiger partial charge in [-0.1, -0.05) is 30.3 Å². The smallest absolute Gasteiger partial charge is 0.228 e. The van der Waals surface area contributed by atoms with Gasteiger partial charge in [0.25, 0.3) is 0 Å². The molecule has 2 aromatic carbocycles. The normalized spacial score (nSPS) is 10.8. The molecule has 24 heavy (non-hydrogen) atoms. The van der Waals surface area contributed by atoms with E-state index in [0.29, 0.717) is 12.1 Å². The van der Waals surface area contributed by atoms with E-state index in [1.165, 1.54) is 6.33 Å². The maximum absolute atomic E-state index is 12.5. The Hall–Kier alpha value is -3.41. The number of fused-ring (bicyclic) bond motifs is 1. The molecule has 0 aliphatic rings. The second kappa shape index (κ2) is 6.00. The predicted octanol–water partition coefficient (Wildman–Crippen LogP) is 2.93. The van der Waals surface area contributed by atoms with Crippen LogP contribution in [0.15, 0.2) is 67.4 Å². The van der Waals surface area contributed by atoms with E-state index in [1.807, 2.05) is 54.7 Å². The number of nitrogens with one attached hydrogen (secondary N) is 2. The first kappa shape index (κ1) is 14.2. The summed E-state index contributed by atoms with van der Waals surface area (Å²) in [6.07, 6.45) is 5.25. The lowest BCUT2D eigenvalue weighted by Crippen LogP contribution is -2.16. The average molecular weight is 317 g/mol. The van der Waals surface area contributed by atoms with Gasteiger partial charge in [-0.3, -0.25) is 4.79 Å². The van der Waals surface area contributed by atoms with E-state index in [2.05, 4.69) is 20.4 Å². The van der Waals surface area contributed by atoms with Crippen molar-refractivity contribution in [2.75, 3.05) is 5.32 Å².